The maximum atomic E-state index is 13.1. The third-order valence-corrected chi connectivity index (χ3v) is 5.63. The topological polar surface area (TPSA) is 105 Å². The predicted molar refractivity (Wildman–Crippen MR) is 99.2 cm³/mol. The molecule has 1 amide bonds. The fraction of sp³-hybridized carbons (Fsp3) is 0.294. The van der Waals surface area contributed by atoms with Crippen LogP contribution in [0.3, 0.4) is 0 Å². The van der Waals surface area contributed by atoms with Gasteiger partial charge in [0.1, 0.15) is 5.82 Å². The van der Waals surface area contributed by atoms with Gasteiger partial charge in [-0.25, -0.2) is 9.97 Å². The number of aromatic amines is 1. The molecule has 9 nitrogen and oxygen atoms in total. The molecule has 0 unspecified atom stereocenters. The zero-order chi connectivity index (χ0) is 18.5. The van der Waals surface area contributed by atoms with Gasteiger partial charge >= 0.3 is 0 Å². The summed E-state index contributed by atoms with van der Waals surface area (Å²) in [5.41, 5.74) is 2.32. The lowest BCUT2D eigenvalue weighted by molar-refractivity contribution is 0.0638. The molecular formula is C17H16N8OS. The zero-order valence-electron chi connectivity index (χ0n) is 14.7. The minimum absolute atomic E-state index is 0.0263. The average Bonchev–Trinajstić information content (AvgIpc) is 3.39. The van der Waals surface area contributed by atoms with Crippen molar-refractivity contribution in [3.05, 3.63) is 41.7 Å². The first-order valence-corrected chi connectivity index (χ1v) is 9.37. The number of imidazole rings is 1. The van der Waals surface area contributed by atoms with Crippen LogP contribution in [0.2, 0.25) is 0 Å². The predicted octanol–water partition coefficient (Wildman–Crippen LogP) is 2.20. The summed E-state index contributed by atoms with van der Waals surface area (Å²) in [6.07, 6.45) is 1.63. The minimum Gasteiger partial charge on any atom is -0.345 e. The van der Waals surface area contributed by atoms with Crippen molar-refractivity contribution in [1.29, 1.82) is 0 Å². The molecule has 1 atom stereocenters. The fourth-order valence-electron chi connectivity index (χ4n) is 3.44. The average molecular weight is 380 g/mol. The van der Waals surface area contributed by atoms with Gasteiger partial charge in [0, 0.05) is 18.7 Å². The van der Waals surface area contributed by atoms with Gasteiger partial charge in [-0.2, -0.15) is 4.37 Å². The van der Waals surface area contributed by atoms with E-state index >= 15 is 0 Å². The highest BCUT2D eigenvalue weighted by Crippen LogP contribution is 2.30. The molecule has 0 saturated carbocycles. The lowest BCUT2D eigenvalue weighted by atomic mass is 10.1. The quantitative estimate of drug-likeness (QED) is 0.571. The Morgan fingerprint density at radius 1 is 1.30 bits per heavy atom. The van der Waals surface area contributed by atoms with E-state index in [1.165, 1.54) is 11.5 Å². The molecule has 1 aliphatic rings. The summed E-state index contributed by atoms with van der Waals surface area (Å²) >= 11 is 1.31. The molecule has 4 aromatic rings. The van der Waals surface area contributed by atoms with E-state index in [2.05, 4.69) is 29.5 Å². The van der Waals surface area contributed by atoms with Crippen molar-refractivity contribution in [3.8, 4) is 10.8 Å². The molecule has 3 aromatic heterocycles. The molecule has 10 heteroatoms. The van der Waals surface area contributed by atoms with E-state index in [1.807, 2.05) is 41.5 Å². The molecule has 0 bridgehead atoms. The second kappa shape index (κ2) is 5.95. The molecule has 0 spiro atoms. The number of carbonyl (C=O) groups is 1. The van der Waals surface area contributed by atoms with E-state index in [0.717, 1.165) is 27.7 Å². The summed E-state index contributed by atoms with van der Waals surface area (Å²) in [5, 5.41) is 9.39. The number of hydrogen-bond donors (Lipinski definition) is 1. The van der Waals surface area contributed by atoms with E-state index in [4.69, 9.17) is 0 Å². The highest BCUT2D eigenvalue weighted by Gasteiger charge is 2.32. The van der Waals surface area contributed by atoms with Crippen LogP contribution in [0.25, 0.3) is 21.9 Å². The normalized spacial score (nSPS) is 16.7. The van der Waals surface area contributed by atoms with Crippen molar-refractivity contribution in [2.75, 3.05) is 6.54 Å². The Bertz CT molecular complexity index is 1160. The first kappa shape index (κ1) is 16.1. The van der Waals surface area contributed by atoms with Gasteiger partial charge in [-0.15, -0.1) is 10.2 Å². The second-order valence-corrected chi connectivity index (χ2v) is 7.24. The maximum Gasteiger partial charge on any atom is 0.254 e. The standard InChI is InChI=1S/C17H16N8OS/c1-9-14-21-22-15(16-20-10(2)23-27-16)25(14)6-5-24(9)17(26)11-3-4-12-13(7-11)19-8-18-12/h3-4,7-9H,5-6H2,1-2H3,(H,18,19)/t9-/m1/s1. The zero-order valence-corrected chi connectivity index (χ0v) is 15.6. The Kier molecular flexibility index (Phi) is 3.54. The van der Waals surface area contributed by atoms with Gasteiger partial charge in [0.2, 0.25) is 0 Å². The number of fused-ring (bicyclic) bond motifs is 2. The molecule has 0 aliphatic carbocycles. The summed E-state index contributed by atoms with van der Waals surface area (Å²) in [6.45, 7) is 5.03. The van der Waals surface area contributed by atoms with Crippen LogP contribution < -0.4 is 0 Å². The van der Waals surface area contributed by atoms with Gasteiger partial charge in [-0.05, 0) is 43.6 Å². The van der Waals surface area contributed by atoms with Crippen molar-refractivity contribution in [3.63, 3.8) is 0 Å². The summed E-state index contributed by atoms with van der Waals surface area (Å²) in [5.74, 6) is 2.18. The van der Waals surface area contributed by atoms with Crippen LogP contribution >= 0.6 is 11.5 Å². The van der Waals surface area contributed by atoms with E-state index in [-0.39, 0.29) is 11.9 Å². The number of aryl methyl sites for hydroxylation is 1. The molecule has 1 N–H and O–H groups in total. The summed E-state index contributed by atoms with van der Waals surface area (Å²) in [6, 6.07) is 5.32. The first-order chi connectivity index (χ1) is 13.1. The van der Waals surface area contributed by atoms with E-state index in [9.17, 15) is 4.79 Å². The number of hydrogen-bond acceptors (Lipinski definition) is 7. The minimum atomic E-state index is -0.181. The number of amides is 1. The molecule has 5 rings (SSSR count). The fourth-order valence-corrected chi connectivity index (χ4v) is 4.11. The lowest BCUT2D eigenvalue weighted by Gasteiger charge is -2.33. The molecule has 0 fully saturated rings. The van der Waals surface area contributed by atoms with Gasteiger partial charge in [0.15, 0.2) is 16.7 Å². The third kappa shape index (κ3) is 2.52. The Hall–Kier alpha value is -3.14. The van der Waals surface area contributed by atoms with Crippen molar-refractivity contribution >= 4 is 28.5 Å². The van der Waals surface area contributed by atoms with Crippen LogP contribution in [0.15, 0.2) is 24.5 Å². The molecule has 0 saturated heterocycles. The Balaban J connectivity index is 1.46. The smallest absolute Gasteiger partial charge is 0.254 e. The van der Waals surface area contributed by atoms with Gasteiger partial charge < -0.3 is 14.5 Å². The molecule has 27 heavy (non-hydrogen) atoms. The van der Waals surface area contributed by atoms with Crippen LogP contribution in [-0.2, 0) is 6.54 Å². The number of H-pyrrole nitrogens is 1. The monoisotopic (exact) mass is 380 g/mol. The number of carbonyl (C=O) groups excluding carboxylic acids is 1. The van der Waals surface area contributed by atoms with Crippen LogP contribution in [0.1, 0.15) is 35.0 Å². The van der Waals surface area contributed by atoms with Crippen molar-refractivity contribution in [1.82, 2.24) is 39.0 Å². The summed E-state index contributed by atoms with van der Waals surface area (Å²) in [7, 11) is 0. The number of aromatic nitrogens is 7. The van der Waals surface area contributed by atoms with Crippen molar-refractivity contribution in [2.24, 2.45) is 0 Å². The SMILES string of the molecule is Cc1nsc(-c2nnc3n2CCN(C(=O)c2ccc4nc[nH]c4c2)[C@@H]3C)n1. The second-order valence-electron chi connectivity index (χ2n) is 6.49. The van der Waals surface area contributed by atoms with Crippen LogP contribution in [0.5, 0.6) is 0 Å². The van der Waals surface area contributed by atoms with E-state index < -0.39 is 0 Å². The van der Waals surface area contributed by atoms with Gasteiger partial charge in [0.25, 0.3) is 5.91 Å². The summed E-state index contributed by atoms with van der Waals surface area (Å²) < 4.78 is 6.25. The molecule has 4 heterocycles. The molecule has 136 valence electrons. The maximum absolute atomic E-state index is 13.1. The van der Waals surface area contributed by atoms with E-state index in [1.54, 1.807) is 6.33 Å². The Labute approximate surface area is 158 Å². The highest BCUT2D eigenvalue weighted by molar-refractivity contribution is 7.09. The Morgan fingerprint density at radius 3 is 3.00 bits per heavy atom. The van der Waals surface area contributed by atoms with Crippen LogP contribution in [0, 0.1) is 6.92 Å². The first-order valence-electron chi connectivity index (χ1n) is 8.59. The van der Waals surface area contributed by atoms with Crippen LogP contribution in [-0.4, -0.2) is 51.4 Å². The van der Waals surface area contributed by atoms with Gasteiger partial charge in [-0.1, -0.05) is 0 Å². The van der Waals surface area contributed by atoms with Gasteiger partial charge in [0.05, 0.1) is 23.4 Å². The van der Waals surface area contributed by atoms with Crippen molar-refractivity contribution in [2.45, 2.75) is 26.4 Å². The number of nitrogens with one attached hydrogen (secondary N) is 1. The largest absolute Gasteiger partial charge is 0.345 e. The lowest BCUT2D eigenvalue weighted by Crippen LogP contribution is -2.41. The molecule has 1 aliphatic heterocycles. The molecule has 1 aromatic carbocycles. The van der Waals surface area contributed by atoms with Gasteiger partial charge in [-0.3, -0.25) is 4.79 Å². The summed E-state index contributed by atoms with van der Waals surface area (Å²) in [4.78, 5) is 26.6. The Morgan fingerprint density at radius 2 is 2.19 bits per heavy atom. The number of benzene rings is 1. The van der Waals surface area contributed by atoms with Crippen molar-refractivity contribution < 1.29 is 4.79 Å². The molecular weight excluding hydrogens is 364 g/mol. The van der Waals surface area contributed by atoms with E-state index in [0.29, 0.717) is 24.5 Å². The molecule has 0 radical (unpaired) electrons. The number of nitrogens with zero attached hydrogens (tertiary/aromatic N) is 7. The number of rotatable bonds is 2. The van der Waals surface area contributed by atoms with Crippen LogP contribution in [0.4, 0.5) is 0 Å². The third-order valence-electron chi connectivity index (χ3n) is 4.83. The highest BCUT2D eigenvalue weighted by atomic mass is 32.1.